The van der Waals surface area contributed by atoms with Crippen molar-refractivity contribution >= 4 is 22.8 Å². The molecule has 1 unspecified atom stereocenters. The van der Waals surface area contributed by atoms with Gasteiger partial charge in [0, 0.05) is 6.54 Å². The van der Waals surface area contributed by atoms with Crippen molar-refractivity contribution in [2.75, 3.05) is 0 Å². The Kier molecular flexibility index (Phi) is 3.53. The number of imidazole rings is 1. The number of halogens is 1. The molecule has 0 amide bonds. The van der Waals surface area contributed by atoms with Crippen LogP contribution in [0.1, 0.15) is 42.9 Å². The maximum atomic E-state index is 6.10. The lowest BCUT2D eigenvalue weighted by Crippen LogP contribution is -2.13. The molecule has 0 saturated heterocycles. The highest BCUT2D eigenvalue weighted by Gasteiger charge is 2.23. The van der Waals surface area contributed by atoms with Crippen LogP contribution in [-0.4, -0.2) is 19.3 Å². The molecule has 3 aromatic rings. The molecule has 21 heavy (non-hydrogen) atoms. The molecule has 3 aromatic heterocycles. The summed E-state index contributed by atoms with van der Waals surface area (Å²) in [5.74, 6) is 3.01. The van der Waals surface area contributed by atoms with Crippen LogP contribution in [0.15, 0.2) is 16.5 Å². The number of rotatable bonds is 4. The fourth-order valence-corrected chi connectivity index (χ4v) is 2.95. The number of aryl methyl sites for hydroxylation is 3. The Hall–Kier alpha value is -1.75. The first kappa shape index (κ1) is 14.2. The summed E-state index contributed by atoms with van der Waals surface area (Å²) in [6.45, 7) is 8.89. The maximum absolute atomic E-state index is 6.10. The molecule has 0 saturated carbocycles. The highest BCUT2D eigenvalue weighted by molar-refractivity contribution is 6.16. The zero-order valence-corrected chi connectivity index (χ0v) is 13.5. The van der Waals surface area contributed by atoms with Crippen molar-refractivity contribution in [3.8, 4) is 0 Å². The van der Waals surface area contributed by atoms with Crippen molar-refractivity contribution in [2.45, 2.75) is 46.2 Å². The van der Waals surface area contributed by atoms with E-state index in [4.69, 9.17) is 16.0 Å². The Labute approximate surface area is 128 Å². The van der Waals surface area contributed by atoms with Gasteiger partial charge in [0.2, 0.25) is 0 Å². The molecule has 0 spiro atoms. The molecule has 0 fully saturated rings. The molecule has 112 valence electrons. The van der Waals surface area contributed by atoms with Gasteiger partial charge >= 0.3 is 0 Å². The van der Waals surface area contributed by atoms with Gasteiger partial charge in [-0.25, -0.2) is 9.67 Å². The fourth-order valence-electron chi connectivity index (χ4n) is 2.76. The first-order chi connectivity index (χ1) is 10.1. The molecule has 3 rings (SSSR count). The third-order valence-electron chi connectivity index (χ3n) is 3.80. The molecular weight excluding hydrogens is 288 g/mol. The third-order valence-corrected chi connectivity index (χ3v) is 4.04. The normalized spacial score (nSPS) is 13.2. The zero-order chi connectivity index (χ0) is 15.1. The van der Waals surface area contributed by atoms with E-state index in [9.17, 15) is 0 Å². The lowest BCUT2D eigenvalue weighted by molar-refractivity contribution is 0.425. The summed E-state index contributed by atoms with van der Waals surface area (Å²) < 4.78 is 9.88. The summed E-state index contributed by atoms with van der Waals surface area (Å²) in [6, 6.07) is 4.00. The molecule has 5 nitrogen and oxygen atoms in total. The van der Waals surface area contributed by atoms with E-state index in [1.54, 1.807) is 0 Å². The van der Waals surface area contributed by atoms with Crippen LogP contribution in [0.3, 0.4) is 0 Å². The second-order valence-electron chi connectivity index (χ2n) is 5.23. The van der Waals surface area contributed by atoms with Crippen LogP contribution in [-0.2, 0) is 12.4 Å². The second-order valence-corrected chi connectivity index (χ2v) is 5.50. The van der Waals surface area contributed by atoms with Crippen molar-refractivity contribution in [1.82, 2.24) is 19.3 Å². The molecule has 0 aromatic carbocycles. The van der Waals surface area contributed by atoms with Gasteiger partial charge < -0.3 is 8.98 Å². The lowest BCUT2D eigenvalue weighted by atomic mass is 10.2. The van der Waals surface area contributed by atoms with E-state index in [0.717, 1.165) is 40.7 Å². The van der Waals surface area contributed by atoms with Gasteiger partial charge in [-0.1, -0.05) is 0 Å². The van der Waals surface area contributed by atoms with Crippen LogP contribution in [0.5, 0.6) is 0 Å². The lowest BCUT2D eigenvalue weighted by Gasteiger charge is -2.15. The fraction of sp³-hybridized carbons (Fsp3) is 0.467. The molecule has 0 aliphatic heterocycles. The molecule has 0 bridgehead atoms. The average molecular weight is 307 g/mol. The van der Waals surface area contributed by atoms with Crippen LogP contribution in [0.25, 0.3) is 11.2 Å². The predicted octanol–water partition coefficient (Wildman–Crippen LogP) is 3.81. The molecule has 0 N–H and O–H groups in total. The first-order valence-electron chi connectivity index (χ1n) is 7.13. The van der Waals surface area contributed by atoms with Gasteiger partial charge in [-0.3, -0.25) is 0 Å². The van der Waals surface area contributed by atoms with Crippen LogP contribution >= 0.6 is 11.6 Å². The topological polar surface area (TPSA) is 48.8 Å². The highest BCUT2D eigenvalue weighted by atomic mass is 35.5. The smallest absolute Gasteiger partial charge is 0.159 e. The van der Waals surface area contributed by atoms with E-state index in [-0.39, 0.29) is 6.04 Å². The van der Waals surface area contributed by atoms with Crippen molar-refractivity contribution in [1.29, 1.82) is 0 Å². The Morgan fingerprint density at radius 1 is 1.33 bits per heavy atom. The standard InChI is InChI=1S/C15H19ClN4O/c1-5-19-15-14(10(3)18-19)17-13(8-16)20(15)11(4)12-7-6-9(2)21-12/h6-7,11H,5,8H2,1-4H3. The van der Waals surface area contributed by atoms with Crippen molar-refractivity contribution in [3.63, 3.8) is 0 Å². The number of hydrogen-bond donors (Lipinski definition) is 0. The molecule has 6 heteroatoms. The predicted molar refractivity (Wildman–Crippen MR) is 82.7 cm³/mol. The van der Waals surface area contributed by atoms with E-state index in [0.29, 0.717) is 5.88 Å². The number of furan rings is 1. The van der Waals surface area contributed by atoms with Gasteiger partial charge in [0.05, 0.1) is 17.6 Å². The summed E-state index contributed by atoms with van der Waals surface area (Å²) >= 11 is 6.10. The number of nitrogens with zero attached hydrogens (tertiary/aromatic N) is 4. The first-order valence-corrected chi connectivity index (χ1v) is 7.66. The Bertz CT molecular complexity index is 783. The van der Waals surface area contributed by atoms with Gasteiger partial charge in [0.15, 0.2) is 5.65 Å². The van der Waals surface area contributed by atoms with E-state index < -0.39 is 0 Å². The molecule has 0 aliphatic carbocycles. The van der Waals surface area contributed by atoms with Gasteiger partial charge in [-0.05, 0) is 39.8 Å². The molecule has 3 heterocycles. The van der Waals surface area contributed by atoms with Gasteiger partial charge in [-0.2, -0.15) is 5.10 Å². The van der Waals surface area contributed by atoms with Crippen molar-refractivity contribution in [3.05, 3.63) is 35.2 Å². The summed E-state index contributed by atoms with van der Waals surface area (Å²) in [5.41, 5.74) is 2.86. The quantitative estimate of drug-likeness (QED) is 0.689. The molecule has 0 radical (unpaired) electrons. The summed E-state index contributed by atoms with van der Waals surface area (Å²) in [4.78, 5) is 4.66. The molecular formula is C15H19ClN4O. The summed E-state index contributed by atoms with van der Waals surface area (Å²) in [6.07, 6.45) is 0. The Balaban J connectivity index is 2.24. The summed E-state index contributed by atoms with van der Waals surface area (Å²) in [7, 11) is 0. The van der Waals surface area contributed by atoms with Crippen LogP contribution in [0.2, 0.25) is 0 Å². The largest absolute Gasteiger partial charge is 0.464 e. The van der Waals surface area contributed by atoms with E-state index in [1.807, 2.05) is 30.7 Å². The Morgan fingerprint density at radius 3 is 2.67 bits per heavy atom. The minimum Gasteiger partial charge on any atom is -0.464 e. The number of alkyl halides is 1. The number of aromatic nitrogens is 4. The maximum Gasteiger partial charge on any atom is 0.159 e. The van der Waals surface area contributed by atoms with E-state index in [2.05, 4.69) is 28.5 Å². The number of hydrogen-bond acceptors (Lipinski definition) is 3. The molecule has 0 aliphatic rings. The zero-order valence-electron chi connectivity index (χ0n) is 12.7. The summed E-state index contributed by atoms with van der Waals surface area (Å²) in [5, 5.41) is 4.55. The van der Waals surface area contributed by atoms with E-state index in [1.165, 1.54) is 0 Å². The van der Waals surface area contributed by atoms with E-state index >= 15 is 0 Å². The highest BCUT2D eigenvalue weighted by Crippen LogP contribution is 2.29. The number of fused-ring (bicyclic) bond motifs is 1. The van der Waals surface area contributed by atoms with Crippen LogP contribution < -0.4 is 0 Å². The Morgan fingerprint density at radius 2 is 2.10 bits per heavy atom. The SMILES string of the molecule is CCn1nc(C)c2nc(CCl)n(C(C)c3ccc(C)o3)c21. The monoisotopic (exact) mass is 306 g/mol. The average Bonchev–Trinajstić information content (AvgIpc) is 3.13. The second kappa shape index (κ2) is 5.22. The minimum absolute atomic E-state index is 0.0267. The van der Waals surface area contributed by atoms with Crippen LogP contribution in [0.4, 0.5) is 0 Å². The van der Waals surface area contributed by atoms with Crippen LogP contribution in [0, 0.1) is 13.8 Å². The van der Waals surface area contributed by atoms with Gasteiger partial charge in [0.25, 0.3) is 0 Å². The van der Waals surface area contributed by atoms with Gasteiger partial charge in [-0.15, -0.1) is 11.6 Å². The van der Waals surface area contributed by atoms with Gasteiger partial charge in [0.1, 0.15) is 22.9 Å². The van der Waals surface area contributed by atoms with Crippen molar-refractivity contribution < 1.29 is 4.42 Å². The minimum atomic E-state index is 0.0267. The molecule has 1 atom stereocenters. The third kappa shape index (κ3) is 2.16. The van der Waals surface area contributed by atoms with Crippen molar-refractivity contribution in [2.24, 2.45) is 0 Å².